The van der Waals surface area contributed by atoms with Crippen molar-refractivity contribution in [2.24, 2.45) is 0 Å². The first-order valence-electron chi connectivity index (χ1n) is 7.79. The molecule has 2 rings (SSSR count). The van der Waals surface area contributed by atoms with Gasteiger partial charge in [0.05, 0.1) is 24.9 Å². The van der Waals surface area contributed by atoms with Gasteiger partial charge in [-0.25, -0.2) is 0 Å². The van der Waals surface area contributed by atoms with Gasteiger partial charge in [0.25, 0.3) is 0 Å². The molecule has 0 aromatic heterocycles. The molecular weight excluding hydrogens is 350 g/mol. The van der Waals surface area contributed by atoms with Crippen LogP contribution in [0.3, 0.4) is 0 Å². The topological polar surface area (TPSA) is 62.8 Å². The molecule has 8 heteroatoms. The van der Waals surface area contributed by atoms with Gasteiger partial charge in [-0.1, -0.05) is 11.6 Å². The molecule has 1 heterocycles. The Balaban J connectivity index is 1.82. The smallest absolute Gasteiger partial charge is 0.222 e. The van der Waals surface area contributed by atoms with E-state index in [1.165, 1.54) is 0 Å². The van der Waals surface area contributed by atoms with Gasteiger partial charge < -0.3 is 25.0 Å². The van der Waals surface area contributed by atoms with Crippen LogP contribution in [0.25, 0.3) is 0 Å². The lowest BCUT2D eigenvalue weighted by molar-refractivity contribution is -0.127. The number of methoxy groups -OCH3 is 2. The average molecular weight is 372 g/mol. The minimum absolute atomic E-state index is 0.244. The zero-order valence-corrected chi connectivity index (χ0v) is 15.4. The van der Waals surface area contributed by atoms with Crippen molar-refractivity contribution in [1.82, 2.24) is 10.2 Å². The van der Waals surface area contributed by atoms with Gasteiger partial charge in [-0.3, -0.25) is 4.79 Å². The van der Waals surface area contributed by atoms with Crippen LogP contribution in [-0.2, 0) is 4.79 Å². The number of halogens is 1. The Morgan fingerprint density at radius 1 is 1.33 bits per heavy atom. The molecule has 1 aromatic rings. The molecule has 24 heavy (non-hydrogen) atoms. The van der Waals surface area contributed by atoms with Crippen molar-refractivity contribution in [3.05, 3.63) is 17.2 Å². The Hall–Kier alpha value is -1.73. The minimum atomic E-state index is 0.244. The summed E-state index contributed by atoms with van der Waals surface area (Å²) in [5.41, 5.74) is 0.672. The Kier molecular flexibility index (Phi) is 6.93. The van der Waals surface area contributed by atoms with Crippen molar-refractivity contribution in [2.75, 3.05) is 39.2 Å². The second-order valence-corrected chi connectivity index (χ2v) is 6.22. The third kappa shape index (κ3) is 4.88. The van der Waals surface area contributed by atoms with E-state index in [4.69, 9.17) is 33.3 Å². The maximum absolute atomic E-state index is 11.5. The summed E-state index contributed by atoms with van der Waals surface area (Å²) in [5, 5.41) is 7.15. The second kappa shape index (κ2) is 8.94. The Bertz CT molecular complexity index is 612. The molecule has 1 aliphatic rings. The Labute approximate surface area is 152 Å². The van der Waals surface area contributed by atoms with Crippen molar-refractivity contribution in [1.29, 1.82) is 0 Å². The number of carbonyl (C=O) groups excluding carboxylic acids is 1. The number of thiocarbonyl (C=S) groups is 1. The molecule has 6 nitrogen and oxygen atoms in total. The lowest BCUT2D eigenvalue weighted by atomic mass is 10.2. The molecule has 1 saturated heterocycles. The largest absolute Gasteiger partial charge is 0.495 e. The predicted octanol–water partition coefficient (Wildman–Crippen LogP) is 2.66. The highest BCUT2D eigenvalue weighted by Gasteiger charge is 2.19. The van der Waals surface area contributed by atoms with E-state index >= 15 is 0 Å². The highest BCUT2D eigenvalue weighted by atomic mass is 35.5. The van der Waals surface area contributed by atoms with Gasteiger partial charge in [-0.15, -0.1) is 0 Å². The van der Waals surface area contributed by atoms with Crippen LogP contribution < -0.4 is 20.1 Å². The highest BCUT2D eigenvalue weighted by molar-refractivity contribution is 7.80. The van der Waals surface area contributed by atoms with E-state index in [2.05, 4.69) is 10.6 Å². The number of benzene rings is 1. The number of amides is 1. The molecule has 2 N–H and O–H groups in total. The van der Waals surface area contributed by atoms with E-state index in [1.54, 1.807) is 26.4 Å². The third-order valence-corrected chi connectivity index (χ3v) is 4.33. The molecule has 0 radical (unpaired) electrons. The number of hydrogen-bond donors (Lipinski definition) is 2. The minimum Gasteiger partial charge on any atom is -0.495 e. The summed E-state index contributed by atoms with van der Waals surface area (Å²) in [6, 6.07) is 3.41. The fourth-order valence-electron chi connectivity index (χ4n) is 2.54. The normalized spacial score (nSPS) is 13.8. The van der Waals surface area contributed by atoms with Gasteiger partial charge in [0, 0.05) is 38.2 Å². The van der Waals surface area contributed by atoms with E-state index in [-0.39, 0.29) is 5.91 Å². The number of hydrogen-bond acceptors (Lipinski definition) is 4. The number of ether oxygens (including phenoxy) is 2. The Morgan fingerprint density at radius 3 is 2.71 bits per heavy atom. The zero-order valence-electron chi connectivity index (χ0n) is 13.9. The van der Waals surface area contributed by atoms with E-state index in [9.17, 15) is 4.79 Å². The predicted molar refractivity (Wildman–Crippen MR) is 99.2 cm³/mol. The number of likely N-dealkylation sites (tertiary alicyclic amines) is 1. The lowest BCUT2D eigenvalue weighted by Gasteiger charge is -2.17. The quantitative estimate of drug-likeness (QED) is 0.567. The molecule has 0 aliphatic carbocycles. The van der Waals surface area contributed by atoms with Crippen LogP contribution in [0.5, 0.6) is 11.5 Å². The fraction of sp³-hybridized carbons (Fsp3) is 0.500. The Morgan fingerprint density at radius 2 is 2.08 bits per heavy atom. The summed E-state index contributed by atoms with van der Waals surface area (Å²) in [4.78, 5) is 13.4. The van der Waals surface area contributed by atoms with Crippen molar-refractivity contribution >= 4 is 40.5 Å². The van der Waals surface area contributed by atoms with Crippen molar-refractivity contribution in [2.45, 2.75) is 19.3 Å². The van der Waals surface area contributed by atoms with Crippen LogP contribution in [-0.4, -0.2) is 49.8 Å². The molecule has 1 aromatic carbocycles. The zero-order chi connectivity index (χ0) is 17.5. The fourth-order valence-corrected chi connectivity index (χ4v) is 2.98. The summed E-state index contributed by atoms with van der Waals surface area (Å²) in [6.45, 7) is 2.30. The summed E-state index contributed by atoms with van der Waals surface area (Å²) in [5.74, 6) is 1.36. The maximum Gasteiger partial charge on any atom is 0.222 e. The number of nitrogens with one attached hydrogen (secondary N) is 2. The SMILES string of the molecule is COc1cc(NC(=S)NCCCN2CCCC2=O)c(OC)cc1Cl. The molecule has 0 bridgehead atoms. The van der Waals surface area contributed by atoms with Gasteiger partial charge in [-0.05, 0) is 25.1 Å². The van der Waals surface area contributed by atoms with Gasteiger partial charge in [0.15, 0.2) is 5.11 Å². The first-order chi connectivity index (χ1) is 11.5. The molecule has 0 atom stereocenters. The summed E-state index contributed by atoms with van der Waals surface area (Å²) >= 11 is 11.4. The molecule has 0 saturated carbocycles. The summed E-state index contributed by atoms with van der Waals surface area (Å²) in [6.07, 6.45) is 2.48. The number of carbonyl (C=O) groups is 1. The molecular formula is C16H22ClN3O3S. The van der Waals surface area contributed by atoms with Crippen molar-refractivity contribution in [3.63, 3.8) is 0 Å². The van der Waals surface area contributed by atoms with Gasteiger partial charge in [-0.2, -0.15) is 0 Å². The molecule has 1 fully saturated rings. The monoisotopic (exact) mass is 371 g/mol. The van der Waals surface area contributed by atoms with Crippen LogP contribution in [0.2, 0.25) is 5.02 Å². The van der Waals surface area contributed by atoms with Crippen LogP contribution in [0.15, 0.2) is 12.1 Å². The van der Waals surface area contributed by atoms with Crippen LogP contribution in [0.4, 0.5) is 5.69 Å². The molecule has 0 spiro atoms. The van der Waals surface area contributed by atoms with Gasteiger partial charge >= 0.3 is 0 Å². The molecule has 1 aliphatic heterocycles. The highest BCUT2D eigenvalue weighted by Crippen LogP contribution is 2.35. The first-order valence-corrected chi connectivity index (χ1v) is 8.58. The maximum atomic E-state index is 11.5. The number of anilines is 1. The average Bonchev–Trinajstić information content (AvgIpc) is 2.98. The first kappa shape index (κ1) is 18.6. The van der Waals surface area contributed by atoms with Gasteiger partial charge in [0.2, 0.25) is 5.91 Å². The molecule has 132 valence electrons. The third-order valence-electron chi connectivity index (χ3n) is 3.78. The van der Waals surface area contributed by atoms with Crippen molar-refractivity contribution in [3.8, 4) is 11.5 Å². The standard InChI is InChI=1S/C16H22ClN3O3S/c1-22-13-10-12(14(23-2)9-11(13)17)19-16(24)18-6-4-8-20-7-3-5-15(20)21/h9-10H,3-8H2,1-2H3,(H2,18,19,24). The van der Waals surface area contributed by atoms with Gasteiger partial charge in [0.1, 0.15) is 11.5 Å². The van der Waals surface area contributed by atoms with Crippen molar-refractivity contribution < 1.29 is 14.3 Å². The van der Waals surface area contributed by atoms with Crippen LogP contribution in [0.1, 0.15) is 19.3 Å². The molecule has 0 unspecified atom stereocenters. The van der Waals surface area contributed by atoms with E-state index in [1.807, 2.05) is 4.90 Å². The summed E-state index contributed by atoms with van der Waals surface area (Å²) in [7, 11) is 3.11. The molecule has 1 amide bonds. The van der Waals surface area contributed by atoms with E-state index in [0.29, 0.717) is 40.3 Å². The number of nitrogens with zero attached hydrogens (tertiary/aromatic N) is 1. The summed E-state index contributed by atoms with van der Waals surface area (Å²) < 4.78 is 10.5. The second-order valence-electron chi connectivity index (χ2n) is 5.41. The van der Waals surface area contributed by atoms with E-state index in [0.717, 1.165) is 25.9 Å². The van der Waals surface area contributed by atoms with E-state index < -0.39 is 0 Å². The number of rotatable bonds is 7. The van der Waals surface area contributed by atoms with Crippen LogP contribution >= 0.6 is 23.8 Å². The van der Waals surface area contributed by atoms with Crippen LogP contribution in [0, 0.1) is 0 Å². The lowest BCUT2D eigenvalue weighted by Crippen LogP contribution is -2.32.